The highest BCUT2D eigenvalue weighted by Gasteiger charge is 2.17. The Kier molecular flexibility index (Phi) is 4.20. The largest absolute Gasteiger partial charge is 0.485 e. The first-order valence-electron chi connectivity index (χ1n) is 5.73. The van der Waals surface area contributed by atoms with E-state index < -0.39 is 5.97 Å². The SMILES string of the molecule is Cc1cc(COc2c(Cl)cc(Cl)cc2C(=O)O)n(C)n1. The van der Waals surface area contributed by atoms with Crippen molar-refractivity contribution < 1.29 is 14.6 Å². The molecular weight excluding hydrogens is 303 g/mol. The Labute approximate surface area is 125 Å². The molecule has 0 spiro atoms. The van der Waals surface area contributed by atoms with E-state index in [4.69, 9.17) is 33.0 Å². The van der Waals surface area contributed by atoms with Gasteiger partial charge in [-0.1, -0.05) is 23.2 Å². The number of aromatic nitrogens is 2. The lowest BCUT2D eigenvalue weighted by Gasteiger charge is -2.11. The van der Waals surface area contributed by atoms with Crippen LogP contribution in [0.1, 0.15) is 21.7 Å². The molecule has 106 valence electrons. The van der Waals surface area contributed by atoms with Crippen molar-refractivity contribution in [3.8, 4) is 5.75 Å². The molecule has 0 amide bonds. The molecule has 20 heavy (non-hydrogen) atoms. The number of nitrogens with zero attached hydrogens (tertiary/aromatic N) is 2. The molecule has 0 unspecified atom stereocenters. The third kappa shape index (κ3) is 3.05. The highest BCUT2D eigenvalue weighted by molar-refractivity contribution is 6.36. The molecule has 2 rings (SSSR count). The van der Waals surface area contributed by atoms with Gasteiger partial charge in [-0.3, -0.25) is 4.68 Å². The van der Waals surface area contributed by atoms with E-state index in [1.165, 1.54) is 12.1 Å². The highest BCUT2D eigenvalue weighted by atomic mass is 35.5. The first-order chi connectivity index (χ1) is 9.38. The van der Waals surface area contributed by atoms with Crippen LogP contribution in [0.25, 0.3) is 0 Å². The molecule has 0 bridgehead atoms. The molecule has 0 atom stereocenters. The summed E-state index contributed by atoms with van der Waals surface area (Å²) >= 11 is 11.8. The quantitative estimate of drug-likeness (QED) is 0.940. The number of benzene rings is 1. The van der Waals surface area contributed by atoms with Crippen LogP contribution in [0.4, 0.5) is 0 Å². The number of halogens is 2. The molecule has 1 aromatic heterocycles. The fourth-order valence-corrected chi connectivity index (χ4v) is 2.36. The van der Waals surface area contributed by atoms with Crippen molar-refractivity contribution in [2.24, 2.45) is 7.05 Å². The molecule has 0 saturated carbocycles. The maximum absolute atomic E-state index is 11.2. The van der Waals surface area contributed by atoms with Gasteiger partial charge in [-0.25, -0.2) is 4.79 Å². The minimum absolute atomic E-state index is 0.0682. The summed E-state index contributed by atoms with van der Waals surface area (Å²) in [6.45, 7) is 2.03. The van der Waals surface area contributed by atoms with Gasteiger partial charge in [-0.05, 0) is 25.1 Å². The van der Waals surface area contributed by atoms with E-state index in [-0.39, 0.29) is 28.0 Å². The van der Waals surface area contributed by atoms with Crippen LogP contribution < -0.4 is 4.74 Å². The van der Waals surface area contributed by atoms with Gasteiger partial charge in [0.2, 0.25) is 0 Å². The molecule has 1 N–H and O–H groups in total. The molecule has 1 heterocycles. The third-order valence-corrected chi connectivity index (χ3v) is 3.20. The Morgan fingerprint density at radius 3 is 2.65 bits per heavy atom. The summed E-state index contributed by atoms with van der Waals surface area (Å²) in [4.78, 5) is 11.2. The lowest BCUT2D eigenvalue weighted by Crippen LogP contribution is -2.07. The van der Waals surface area contributed by atoms with Crippen molar-refractivity contribution in [2.75, 3.05) is 0 Å². The van der Waals surface area contributed by atoms with E-state index in [9.17, 15) is 4.79 Å². The molecule has 0 aliphatic heterocycles. The van der Waals surface area contributed by atoms with Crippen molar-refractivity contribution >= 4 is 29.2 Å². The van der Waals surface area contributed by atoms with Crippen molar-refractivity contribution in [3.05, 3.63) is 45.2 Å². The number of hydrogen-bond donors (Lipinski definition) is 1. The van der Waals surface area contributed by atoms with Crippen LogP contribution in [-0.2, 0) is 13.7 Å². The average molecular weight is 315 g/mol. The van der Waals surface area contributed by atoms with Gasteiger partial charge in [0.05, 0.1) is 16.4 Å². The van der Waals surface area contributed by atoms with Gasteiger partial charge in [-0.15, -0.1) is 0 Å². The zero-order valence-corrected chi connectivity index (χ0v) is 12.4. The second-order valence-corrected chi connectivity index (χ2v) is 5.10. The first-order valence-corrected chi connectivity index (χ1v) is 6.48. The third-order valence-electron chi connectivity index (χ3n) is 2.70. The fourth-order valence-electron chi connectivity index (χ4n) is 1.81. The van der Waals surface area contributed by atoms with Crippen LogP contribution in [0.15, 0.2) is 18.2 Å². The molecule has 1 aromatic carbocycles. The van der Waals surface area contributed by atoms with Crippen molar-refractivity contribution in [2.45, 2.75) is 13.5 Å². The Bertz CT molecular complexity index is 668. The maximum Gasteiger partial charge on any atom is 0.339 e. The number of carbonyl (C=O) groups is 1. The minimum atomic E-state index is -1.15. The lowest BCUT2D eigenvalue weighted by atomic mass is 10.2. The zero-order chi connectivity index (χ0) is 14.9. The summed E-state index contributed by atoms with van der Waals surface area (Å²) in [6.07, 6.45) is 0. The van der Waals surface area contributed by atoms with Gasteiger partial charge >= 0.3 is 5.97 Å². The van der Waals surface area contributed by atoms with E-state index in [1.807, 2.05) is 13.0 Å². The Morgan fingerprint density at radius 1 is 1.40 bits per heavy atom. The zero-order valence-electron chi connectivity index (χ0n) is 10.9. The van der Waals surface area contributed by atoms with Crippen LogP contribution in [0, 0.1) is 6.92 Å². The van der Waals surface area contributed by atoms with Gasteiger partial charge in [0.1, 0.15) is 12.2 Å². The minimum Gasteiger partial charge on any atom is -0.485 e. The second-order valence-electron chi connectivity index (χ2n) is 4.26. The number of ether oxygens (including phenoxy) is 1. The predicted molar refractivity (Wildman–Crippen MR) is 75.7 cm³/mol. The topological polar surface area (TPSA) is 64.3 Å². The van der Waals surface area contributed by atoms with E-state index >= 15 is 0 Å². The van der Waals surface area contributed by atoms with E-state index in [0.29, 0.717) is 0 Å². The Hall–Kier alpha value is -1.72. The summed E-state index contributed by atoms with van der Waals surface area (Å²) in [5.41, 5.74) is 1.60. The standard InChI is InChI=1S/C13H12Cl2N2O3/c1-7-3-9(17(2)16-7)6-20-12-10(13(18)19)4-8(14)5-11(12)15/h3-5H,6H2,1-2H3,(H,18,19). The molecule has 0 saturated heterocycles. The van der Waals surface area contributed by atoms with Crippen molar-refractivity contribution in [1.82, 2.24) is 9.78 Å². The summed E-state index contributed by atoms with van der Waals surface area (Å²) in [6, 6.07) is 4.60. The van der Waals surface area contributed by atoms with Gasteiger partial charge in [-0.2, -0.15) is 5.10 Å². The van der Waals surface area contributed by atoms with Crippen molar-refractivity contribution in [1.29, 1.82) is 0 Å². The van der Waals surface area contributed by atoms with Gasteiger partial charge in [0.15, 0.2) is 5.75 Å². The number of carboxylic acid groups (broad SMARTS) is 1. The summed E-state index contributed by atoms with van der Waals surface area (Å²) in [7, 11) is 1.78. The number of carboxylic acids is 1. The van der Waals surface area contributed by atoms with E-state index in [2.05, 4.69) is 5.10 Å². The van der Waals surface area contributed by atoms with Crippen LogP contribution in [0.3, 0.4) is 0 Å². The molecule has 0 radical (unpaired) electrons. The van der Waals surface area contributed by atoms with Gasteiger partial charge in [0.25, 0.3) is 0 Å². The highest BCUT2D eigenvalue weighted by Crippen LogP contribution is 2.33. The summed E-state index contributed by atoms with van der Waals surface area (Å²) < 4.78 is 7.20. The van der Waals surface area contributed by atoms with E-state index in [0.717, 1.165) is 11.4 Å². The molecular formula is C13H12Cl2N2O3. The van der Waals surface area contributed by atoms with Gasteiger partial charge < -0.3 is 9.84 Å². The second kappa shape index (κ2) is 5.73. The predicted octanol–water partition coefficient (Wildman–Crippen LogP) is 3.31. The lowest BCUT2D eigenvalue weighted by molar-refractivity contribution is 0.0691. The molecule has 2 aromatic rings. The molecule has 0 fully saturated rings. The van der Waals surface area contributed by atoms with Gasteiger partial charge in [0, 0.05) is 12.1 Å². The van der Waals surface area contributed by atoms with Crippen LogP contribution in [0.2, 0.25) is 10.0 Å². The maximum atomic E-state index is 11.2. The molecule has 5 nitrogen and oxygen atoms in total. The smallest absolute Gasteiger partial charge is 0.339 e. The Balaban J connectivity index is 2.29. The van der Waals surface area contributed by atoms with Crippen LogP contribution >= 0.6 is 23.2 Å². The number of aryl methyl sites for hydroxylation is 2. The fraction of sp³-hybridized carbons (Fsp3) is 0.231. The molecule has 0 aliphatic rings. The Morgan fingerprint density at radius 2 is 2.10 bits per heavy atom. The summed E-state index contributed by atoms with van der Waals surface area (Å²) in [5.74, 6) is -1.05. The molecule has 0 aliphatic carbocycles. The van der Waals surface area contributed by atoms with Crippen LogP contribution in [0.5, 0.6) is 5.75 Å². The number of aromatic carboxylic acids is 1. The summed E-state index contributed by atoms with van der Waals surface area (Å²) in [5, 5.41) is 13.7. The normalized spacial score (nSPS) is 10.6. The van der Waals surface area contributed by atoms with Crippen LogP contribution in [-0.4, -0.2) is 20.9 Å². The number of rotatable bonds is 4. The monoisotopic (exact) mass is 314 g/mol. The van der Waals surface area contributed by atoms with E-state index in [1.54, 1.807) is 11.7 Å². The number of hydrogen-bond acceptors (Lipinski definition) is 3. The first kappa shape index (κ1) is 14.7. The average Bonchev–Trinajstić information content (AvgIpc) is 2.65. The molecule has 7 heteroatoms. The van der Waals surface area contributed by atoms with Crippen molar-refractivity contribution in [3.63, 3.8) is 0 Å².